The third kappa shape index (κ3) is 4.10. The molecule has 0 atom stereocenters. The van der Waals surface area contributed by atoms with Gasteiger partial charge < -0.3 is 9.84 Å². The molecule has 0 spiro atoms. The highest BCUT2D eigenvalue weighted by atomic mass is 35.5. The molecular weight excluding hydrogens is 272 g/mol. The van der Waals surface area contributed by atoms with Crippen LogP contribution >= 0.6 is 23.4 Å². The monoisotopic (exact) mass is 288 g/mol. The van der Waals surface area contributed by atoms with Gasteiger partial charge in [0, 0.05) is 5.75 Å². The number of esters is 1. The van der Waals surface area contributed by atoms with Crippen molar-refractivity contribution in [2.24, 2.45) is 0 Å². The highest BCUT2D eigenvalue weighted by Crippen LogP contribution is 2.31. The summed E-state index contributed by atoms with van der Waals surface area (Å²) in [6.45, 7) is 5.82. The van der Waals surface area contributed by atoms with Crippen molar-refractivity contribution in [1.29, 1.82) is 0 Å². The van der Waals surface area contributed by atoms with Crippen molar-refractivity contribution in [3.05, 3.63) is 28.8 Å². The van der Waals surface area contributed by atoms with Crippen LogP contribution in [0.15, 0.2) is 18.2 Å². The van der Waals surface area contributed by atoms with Gasteiger partial charge in [-0.15, -0.1) is 11.8 Å². The van der Waals surface area contributed by atoms with Gasteiger partial charge in [0.15, 0.2) is 0 Å². The average molecular weight is 289 g/mol. The zero-order chi connectivity index (χ0) is 13.8. The third-order valence-corrected chi connectivity index (χ3v) is 4.06. The maximum atomic E-state index is 11.7. The van der Waals surface area contributed by atoms with Crippen LogP contribution in [0.4, 0.5) is 0 Å². The molecule has 0 saturated heterocycles. The molecule has 1 aromatic carbocycles. The highest BCUT2D eigenvalue weighted by Gasteiger charge is 2.29. The summed E-state index contributed by atoms with van der Waals surface area (Å²) in [5.41, 5.74) is 0.916. The number of carbonyl (C=O) groups is 1. The standard InChI is InChI=1S/C13H17ClO3S/c1-4-17-12(16)13(2,3)18-8-9-5-6-10(14)11(15)7-9/h5-7,15H,4,8H2,1-3H3. The lowest BCUT2D eigenvalue weighted by molar-refractivity contribution is -0.145. The lowest BCUT2D eigenvalue weighted by Crippen LogP contribution is -2.30. The van der Waals surface area contributed by atoms with Crippen LogP contribution in [0.1, 0.15) is 26.3 Å². The Bertz CT molecular complexity index is 432. The second kappa shape index (κ2) is 6.34. The molecule has 0 saturated carbocycles. The molecule has 0 aliphatic carbocycles. The van der Waals surface area contributed by atoms with Crippen LogP contribution in [0.2, 0.25) is 5.02 Å². The van der Waals surface area contributed by atoms with Crippen molar-refractivity contribution < 1.29 is 14.6 Å². The summed E-state index contributed by atoms with van der Waals surface area (Å²) in [7, 11) is 0. The van der Waals surface area contributed by atoms with Gasteiger partial charge >= 0.3 is 5.97 Å². The summed E-state index contributed by atoms with van der Waals surface area (Å²) in [6.07, 6.45) is 0. The molecular formula is C13H17ClO3S. The Hall–Kier alpha value is -0.870. The number of rotatable bonds is 5. The second-order valence-corrected chi connectivity index (χ2v) is 6.31. The molecule has 0 bridgehead atoms. The highest BCUT2D eigenvalue weighted by molar-refractivity contribution is 8.00. The van der Waals surface area contributed by atoms with Crippen molar-refractivity contribution in [3.8, 4) is 5.75 Å². The van der Waals surface area contributed by atoms with Crippen molar-refractivity contribution in [2.75, 3.05) is 6.61 Å². The Labute approximate surface area is 116 Å². The average Bonchev–Trinajstić information content (AvgIpc) is 2.31. The van der Waals surface area contributed by atoms with Gasteiger partial charge in [0.25, 0.3) is 0 Å². The van der Waals surface area contributed by atoms with Gasteiger partial charge in [-0.2, -0.15) is 0 Å². The smallest absolute Gasteiger partial charge is 0.321 e. The van der Waals surface area contributed by atoms with Gasteiger partial charge in [0.1, 0.15) is 10.5 Å². The van der Waals surface area contributed by atoms with Crippen molar-refractivity contribution in [3.63, 3.8) is 0 Å². The molecule has 3 nitrogen and oxygen atoms in total. The number of ether oxygens (including phenoxy) is 1. The van der Waals surface area contributed by atoms with E-state index in [1.54, 1.807) is 19.1 Å². The van der Waals surface area contributed by atoms with Crippen molar-refractivity contribution >= 4 is 29.3 Å². The van der Waals surface area contributed by atoms with E-state index in [2.05, 4.69) is 0 Å². The summed E-state index contributed by atoms with van der Waals surface area (Å²) in [5.74, 6) is 0.438. The number of benzene rings is 1. The van der Waals surface area contributed by atoms with Crippen LogP contribution < -0.4 is 0 Å². The lowest BCUT2D eigenvalue weighted by Gasteiger charge is -2.21. The van der Waals surface area contributed by atoms with Gasteiger partial charge in [-0.05, 0) is 38.5 Å². The fourth-order valence-electron chi connectivity index (χ4n) is 1.28. The summed E-state index contributed by atoms with van der Waals surface area (Å²) < 4.78 is 4.40. The number of aromatic hydroxyl groups is 1. The van der Waals surface area contributed by atoms with Crippen molar-refractivity contribution in [1.82, 2.24) is 0 Å². The fraction of sp³-hybridized carbons (Fsp3) is 0.462. The Morgan fingerprint density at radius 1 is 1.50 bits per heavy atom. The maximum Gasteiger partial charge on any atom is 0.321 e. The Balaban J connectivity index is 2.63. The number of hydrogen-bond donors (Lipinski definition) is 1. The van der Waals surface area contributed by atoms with Crippen LogP contribution in [0.5, 0.6) is 5.75 Å². The first-order valence-electron chi connectivity index (χ1n) is 5.65. The third-order valence-electron chi connectivity index (χ3n) is 2.38. The molecule has 0 aliphatic heterocycles. The van der Waals surface area contributed by atoms with E-state index in [1.807, 2.05) is 19.9 Å². The minimum absolute atomic E-state index is 0.0590. The number of carbonyl (C=O) groups excluding carboxylic acids is 1. The SMILES string of the molecule is CCOC(=O)C(C)(C)SCc1ccc(Cl)c(O)c1. The number of halogens is 1. The first kappa shape index (κ1) is 15.2. The van der Waals surface area contributed by atoms with Gasteiger partial charge in [-0.25, -0.2) is 0 Å². The van der Waals surface area contributed by atoms with Crippen LogP contribution in [-0.4, -0.2) is 22.4 Å². The first-order chi connectivity index (χ1) is 8.36. The van der Waals surface area contributed by atoms with E-state index in [-0.39, 0.29) is 11.7 Å². The fourth-order valence-corrected chi connectivity index (χ4v) is 2.28. The molecule has 18 heavy (non-hydrogen) atoms. The zero-order valence-electron chi connectivity index (χ0n) is 10.7. The Morgan fingerprint density at radius 2 is 2.17 bits per heavy atom. The predicted octanol–water partition coefficient (Wildman–Crippen LogP) is 3.62. The van der Waals surface area contributed by atoms with E-state index < -0.39 is 4.75 Å². The Kier molecular flexibility index (Phi) is 5.35. The van der Waals surface area contributed by atoms with E-state index in [0.717, 1.165) is 5.56 Å². The molecule has 5 heteroatoms. The van der Waals surface area contributed by atoms with E-state index in [1.165, 1.54) is 11.8 Å². The molecule has 100 valence electrons. The minimum Gasteiger partial charge on any atom is -0.506 e. The second-order valence-electron chi connectivity index (χ2n) is 4.31. The number of phenols is 1. The molecule has 0 fully saturated rings. The normalized spacial score (nSPS) is 11.3. The number of thioether (sulfide) groups is 1. The van der Waals surface area contributed by atoms with E-state index in [0.29, 0.717) is 17.4 Å². The summed E-state index contributed by atoms with van der Waals surface area (Å²) in [5, 5.41) is 9.82. The molecule has 1 aromatic rings. The van der Waals surface area contributed by atoms with Crippen molar-refractivity contribution in [2.45, 2.75) is 31.3 Å². The summed E-state index contributed by atoms with van der Waals surface area (Å²) in [6, 6.07) is 5.08. The lowest BCUT2D eigenvalue weighted by atomic mass is 10.2. The van der Waals surface area contributed by atoms with Crippen LogP contribution in [0, 0.1) is 0 Å². The van der Waals surface area contributed by atoms with Gasteiger partial charge in [0.2, 0.25) is 0 Å². The summed E-state index contributed by atoms with van der Waals surface area (Å²) >= 11 is 7.20. The zero-order valence-corrected chi connectivity index (χ0v) is 12.3. The number of hydrogen-bond acceptors (Lipinski definition) is 4. The quantitative estimate of drug-likeness (QED) is 0.841. The minimum atomic E-state index is -0.606. The first-order valence-corrected chi connectivity index (χ1v) is 7.01. The van der Waals surface area contributed by atoms with E-state index >= 15 is 0 Å². The molecule has 1 N–H and O–H groups in total. The molecule has 0 unspecified atom stereocenters. The van der Waals surface area contributed by atoms with Crippen LogP contribution in [0.3, 0.4) is 0 Å². The Morgan fingerprint density at radius 3 is 2.72 bits per heavy atom. The largest absolute Gasteiger partial charge is 0.506 e. The van der Waals surface area contributed by atoms with E-state index in [9.17, 15) is 9.90 Å². The molecule has 0 aromatic heterocycles. The van der Waals surface area contributed by atoms with Gasteiger partial charge in [0.05, 0.1) is 11.6 Å². The maximum absolute atomic E-state index is 11.7. The molecule has 0 amide bonds. The van der Waals surface area contributed by atoms with Crippen LogP contribution in [-0.2, 0) is 15.3 Å². The topological polar surface area (TPSA) is 46.5 Å². The van der Waals surface area contributed by atoms with Gasteiger partial charge in [-0.1, -0.05) is 17.7 Å². The molecule has 0 heterocycles. The predicted molar refractivity (Wildman–Crippen MR) is 75.1 cm³/mol. The summed E-state index contributed by atoms with van der Waals surface area (Å²) in [4.78, 5) is 11.7. The number of phenolic OH excluding ortho intramolecular Hbond substituents is 1. The van der Waals surface area contributed by atoms with Crippen LogP contribution in [0.25, 0.3) is 0 Å². The van der Waals surface area contributed by atoms with Gasteiger partial charge in [-0.3, -0.25) is 4.79 Å². The molecule has 0 radical (unpaired) electrons. The molecule has 1 rings (SSSR count). The molecule has 0 aliphatic rings. The van der Waals surface area contributed by atoms with E-state index in [4.69, 9.17) is 16.3 Å².